The molecular formula is C18H19ClO2. The van der Waals surface area contributed by atoms with E-state index >= 15 is 0 Å². The van der Waals surface area contributed by atoms with Crippen molar-refractivity contribution in [3.63, 3.8) is 0 Å². The van der Waals surface area contributed by atoms with E-state index in [4.69, 9.17) is 16.3 Å². The van der Waals surface area contributed by atoms with Crippen LogP contribution >= 0.6 is 11.6 Å². The highest BCUT2D eigenvalue weighted by Gasteiger charge is 2.18. The average molecular weight is 303 g/mol. The summed E-state index contributed by atoms with van der Waals surface area (Å²) in [6, 6.07) is 17.2. The Morgan fingerprint density at radius 3 is 2.29 bits per heavy atom. The lowest BCUT2D eigenvalue weighted by Crippen LogP contribution is -2.12. The maximum atomic E-state index is 12.0. The molecule has 2 nitrogen and oxygen atoms in total. The highest BCUT2D eigenvalue weighted by atomic mass is 35.5. The van der Waals surface area contributed by atoms with Crippen molar-refractivity contribution in [3.8, 4) is 0 Å². The molecule has 1 atom stereocenters. The van der Waals surface area contributed by atoms with Crippen molar-refractivity contribution >= 4 is 17.6 Å². The number of hydrogen-bond donors (Lipinski definition) is 0. The lowest BCUT2D eigenvalue weighted by molar-refractivity contribution is -0.147. The largest absolute Gasteiger partial charge is 0.453 e. The molecule has 110 valence electrons. The van der Waals surface area contributed by atoms with Gasteiger partial charge in [0.2, 0.25) is 0 Å². The maximum Gasteiger partial charge on any atom is 0.306 e. The minimum absolute atomic E-state index is 0.166. The van der Waals surface area contributed by atoms with E-state index in [0.29, 0.717) is 11.4 Å². The summed E-state index contributed by atoms with van der Waals surface area (Å²) in [6.07, 6.45) is 1.90. The van der Waals surface area contributed by atoms with E-state index in [1.54, 1.807) is 0 Å². The van der Waals surface area contributed by atoms with Gasteiger partial charge in [0.25, 0.3) is 0 Å². The van der Waals surface area contributed by atoms with Crippen LogP contribution in [0, 0.1) is 0 Å². The second-order valence-corrected chi connectivity index (χ2v) is 5.37. The first-order valence-electron chi connectivity index (χ1n) is 7.20. The van der Waals surface area contributed by atoms with Gasteiger partial charge in [0.1, 0.15) is 0 Å². The normalized spacial score (nSPS) is 11.9. The zero-order chi connectivity index (χ0) is 15.1. The second-order valence-electron chi connectivity index (χ2n) is 4.94. The van der Waals surface area contributed by atoms with Crippen molar-refractivity contribution in [1.29, 1.82) is 0 Å². The van der Waals surface area contributed by atoms with Gasteiger partial charge in [0.05, 0.1) is 0 Å². The summed E-state index contributed by atoms with van der Waals surface area (Å²) in [5.74, 6) is -0.166. The maximum absolute atomic E-state index is 12.0. The first kappa shape index (κ1) is 15.6. The van der Waals surface area contributed by atoms with Gasteiger partial charge in [-0.1, -0.05) is 67.4 Å². The van der Waals surface area contributed by atoms with E-state index in [0.717, 1.165) is 24.0 Å². The van der Waals surface area contributed by atoms with Crippen molar-refractivity contribution in [2.75, 3.05) is 0 Å². The van der Waals surface area contributed by atoms with Crippen LogP contribution in [0.3, 0.4) is 0 Å². The fraction of sp³-hybridized carbons (Fsp3) is 0.278. The Balaban J connectivity index is 2.22. The molecule has 0 fully saturated rings. The minimum atomic E-state index is -0.382. The highest BCUT2D eigenvalue weighted by molar-refractivity contribution is 6.30. The second kappa shape index (κ2) is 7.84. The van der Waals surface area contributed by atoms with Gasteiger partial charge in [0, 0.05) is 11.4 Å². The Labute approximate surface area is 130 Å². The molecule has 0 aliphatic carbocycles. The van der Waals surface area contributed by atoms with Crippen LogP contribution in [-0.4, -0.2) is 5.97 Å². The van der Waals surface area contributed by atoms with Gasteiger partial charge in [0.15, 0.2) is 6.10 Å². The van der Waals surface area contributed by atoms with Crippen LogP contribution in [0.15, 0.2) is 54.6 Å². The molecule has 0 saturated heterocycles. The number of ether oxygens (including phenoxy) is 1. The van der Waals surface area contributed by atoms with Crippen LogP contribution in [-0.2, 0) is 9.53 Å². The molecule has 0 aromatic heterocycles. The quantitative estimate of drug-likeness (QED) is 0.689. The van der Waals surface area contributed by atoms with Crippen molar-refractivity contribution in [1.82, 2.24) is 0 Å². The van der Waals surface area contributed by atoms with Crippen molar-refractivity contribution in [3.05, 3.63) is 70.7 Å². The van der Waals surface area contributed by atoms with Crippen molar-refractivity contribution in [2.24, 2.45) is 0 Å². The molecule has 0 radical (unpaired) electrons. The molecule has 0 heterocycles. The van der Waals surface area contributed by atoms with Gasteiger partial charge in [-0.3, -0.25) is 4.79 Å². The topological polar surface area (TPSA) is 26.3 Å². The van der Waals surface area contributed by atoms with Gasteiger partial charge >= 0.3 is 5.97 Å². The Hall–Kier alpha value is -1.80. The molecule has 0 aliphatic rings. The van der Waals surface area contributed by atoms with Crippen molar-refractivity contribution in [2.45, 2.75) is 32.3 Å². The molecule has 2 rings (SSSR count). The monoisotopic (exact) mass is 302 g/mol. The first-order valence-corrected chi connectivity index (χ1v) is 7.58. The van der Waals surface area contributed by atoms with Crippen LogP contribution in [0.2, 0.25) is 5.02 Å². The highest BCUT2D eigenvalue weighted by Crippen LogP contribution is 2.27. The van der Waals surface area contributed by atoms with E-state index in [2.05, 4.69) is 6.92 Å². The lowest BCUT2D eigenvalue weighted by atomic mass is 10.0. The number of halogens is 1. The third-order valence-electron chi connectivity index (χ3n) is 3.26. The van der Waals surface area contributed by atoms with Gasteiger partial charge in [-0.15, -0.1) is 0 Å². The Morgan fingerprint density at radius 1 is 1.05 bits per heavy atom. The predicted octanol–water partition coefficient (Wildman–Crippen LogP) is 5.16. The van der Waals surface area contributed by atoms with Crippen LogP contribution in [0.25, 0.3) is 0 Å². The number of rotatable bonds is 6. The molecule has 2 aromatic carbocycles. The molecule has 0 aliphatic heterocycles. The van der Waals surface area contributed by atoms with E-state index in [9.17, 15) is 4.79 Å². The van der Waals surface area contributed by atoms with Crippen LogP contribution in [0.5, 0.6) is 0 Å². The molecule has 0 bridgehead atoms. The molecule has 0 amide bonds. The molecule has 21 heavy (non-hydrogen) atoms. The number of benzene rings is 2. The Morgan fingerprint density at radius 2 is 1.67 bits per heavy atom. The molecule has 0 spiro atoms. The molecule has 0 saturated carbocycles. The predicted molar refractivity (Wildman–Crippen MR) is 85.4 cm³/mol. The summed E-state index contributed by atoms with van der Waals surface area (Å²) >= 11 is 5.93. The van der Waals surface area contributed by atoms with E-state index in [1.165, 1.54) is 0 Å². The van der Waals surface area contributed by atoms with Gasteiger partial charge < -0.3 is 4.74 Å². The summed E-state index contributed by atoms with van der Waals surface area (Å²) in [7, 11) is 0. The minimum Gasteiger partial charge on any atom is -0.453 e. The first-order chi connectivity index (χ1) is 10.2. The summed E-state index contributed by atoms with van der Waals surface area (Å²) in [5, 5.41) is 0.669. The fourth-order valence-electron chi connectivity index (χ4n) is 2.11. The van der Waals surface area contributed by atoms with E-state index < -0.39 is 0 Å². The molecule has 1 unspecified atom stereocenters. The number of carbonyl (C=O) groups excluding carboxylic acids is 1. The molecule has 3 heteroatoms. The van der Waals surface area contributed by atoms with E-state index in [-0.39, 0.29) is 12.1 Å². The summed E-state index contributed by atoms with van der Waals surface area (Å²) < 4.78 is 5.68. The average Bonchev–Trinajstić information content (AvgIpc) is 2.52. The SMILES string of the molecule is CCCCC(=O)OC(c1ccccc1)c1ccc(Cl)cc1. The molecule has 2 aromatic rings. The molecular weight excluding hydrogens is 284 g/mol. The summed E-state index contributed by atoms with van der Waals surface area (Å²) in [5.41, 5.74) is 1.89. The van der Waals surface area contributed by atoms with Gasteiger partial charge in [-0.05, 0) is 29.7 Å². The van der Waals surface area contributed by atoms with Gasteiger partial charge in [-0.25, -0.2) is 0 Å². The number of esters is 1. The van der Waals surface area contributed by atoms with Crippen molar-refractivity contribution < 1.29 is 9.53 Å². The number of carbonyl (C=O) groups is 1. The van der Waals surface area contributed by atoms with Crippen LogP contribution in [0.4, 0.5) is 0 Å². The summed E-state index contributed by atoms with van der Waals surface area (Å²) in [6.45, 7) is 2.06. The molecule has 0 N–H and O–H groups in total. The smallest absolute Gasteiger partial charge is 0.306 e. The lowest BCUT2D eigenvalue weighted by Gasteiger charge is -2.19. The van der Waals surface area contributed by atoms with Gasteiger partial charge in [-0.2, -0.15) is 0 Å². The summed E-state index contributed by atoms with van der Waals surface area (Å²) in [4.78, 5) is 12.0. The third-order valence-corrected chi connectivity index (χ3v) is 3.51. The van der Waals surface area contributed by atoms with E-state index in [1.807, 2.05) is 54.6 Å². The standard InChI is InChI=1S/C18H19ClO2/c1-2-3-9-17(20)21-18(14-7-5-4-6-8-14)15-10-12-16(19)13-11-15/h4-8,10-13,18H,2-3,9H2,1H3. The van der Waals surface area contributed by atoms with Crippen LogP contribution < -0.4 is 0 Å². The number of hydrogen-bond acceptors (Lipinski definition) is 2. The Kier molecular flexibility index (Phi) is 5.82. The zero-order valence-electron chi connectivity index (χ0n) is 12.1. The number of unbranched alkanes of at least 4 members (excludes halogenated alkanes) is 1. The zero-order valence-corrected chi connectivity index (χ0v) is 12.8. The third kappa shape index (κ3) is 4.61. The van der Waals surface area contributed by atoms with Crippen LogP contribution in [0.1, 0.15) is 43.4 Å². The fourth-order valence-corrected chi connectivity index (χ4v) is 2.23. The Bertz CT molecular complexity index is 564.